The van der Waals surface area contributed by atoms with E-state index in [1.54, 1.807) is 4.90 Å². The zero-order chi connectivity index (χ0) is 19.9. The number of carbonyl (C=O) groups excluding carboxylic acids is 3. The van der Waals surface area contributed by atoms with Crippen molar-refractivity contribution in [3.05, 3.63) is 35.9 Å². The molecule has 1 aromatic carbocycles. The Morgan fingerprint density at radius 2 is 1.82 bits per heavy atom. The van der Waals surface area contributed by atoms with Gasteiger partial charge in [-0.25, -0.2) is 0 Å². The minimum Gasteiger partial charge on any atom is -0.378 e. The summed E-state index contributed by atoms with van der Waals surface area (Å²) in [6.45, 7) is 4.99. The van der Waals surface area contributed by atoms with E-state index < -0.39 is 0 Å². The molecule has 2 unspecified atom stereocenters. The fourth-order valence-electron chi connectivity index (χ4n) is 3.93. The summed E-state index contributed by atoms with van der Waals surface area (Å²) in [6.07, 6.45) is 1.83. The molecule has 28 heavy (non-hydrogen) atoms. The van der Waals surface area contributed by atoms with Crippen molar-refractivity contribution in [3.63, 3.8) is 0 Å². The summed E-state index contributed by atoms with van der Waals surface area (Å²) in [7, 11) is 0. The van der Waals surface area contributed by atoms with Gasteiger partial charge < -0.3 is 19.9 Å². The lowest BCUT2D eigenvalue weighted by Crippen LogP contribution is -2.49. The van der Waals surface area contributed by atoms with Crippen molar-refractivity contribution in [2.75, 3.05) is 39.4 Å². The first-order valence-corrected chi connectivity index (χ1v) is 10.0. The zero-order valence-corrected chi connectivity index (χ0v) is 16.4. The van der Waals surface area contributed by atoms with Crippen LogP contribution in [0.4, 0.5) is 0 Å². The number of likely N-dealkylation sites (tertiary alicyclic amines) is 1. The molecule has 2 saturated heterocycles. The number of piperidine rings is 1. The average Bonchev–Trinajstić information content (AvgIpc) is 2.73. The van der Waals surface area contributed by atoms with Crippen LogP contribution in [0.5, 0.6) is 0 Å². The summed E-state index contributed by atoms with van der Waals surface area (Å²) >= 11 is 0. The number of ether oxygens (including phenoxy) is 1. The summed E-state index contributed by atoms with van der Waals surface area (Å²) in [6, 6.07) is 9.16. The van der Waals surface area contributed by atoms with Crippen LogP contribution in [0.2, 0.25) is 0 Å². The van der Waals surface area contributed by atoms with Crippen LogP contribution < -0.4 is 5.32 Å². The van der Waals surface area contributed by atoms with Crippen LogP contribution >= 0.6 is 0 Å². The minimum absolute atomic E-state index is 0.0259. The maximum atomic E-state index is 12.9. The van der Waals surface area contributed by atoms with E-state index in [4.69, 9.17) is 4.74 Å². The van der Waals surface area contributed by atoms with E-state index in [1.165, 1.54) is 6.92 Å². The fourth-order valence-corrected chi connectivity index (χ4v) is 3.93. The Hall–Kier alpha value is -2.41. The maximum Gasteiger partial charge on any atom is 0.227 e. The molecule has 2 aliphatic rings. The lowest BCUT2D eigenvalue weighted by atomic mass is 9.95. The van der Waals surface area contributed by atoms with Crippen LogP contribution in [-0.4, -0.2) is 66.9 Å². The maximum absolute atomic E-state index is 12.9. The Balaban J connectivity index is 1.62. The molecule has 1 aromatic rings. The smallest absolute Gasteiger partial charge is 0.227 e. The molecule has 0 saturated carbocycles. The van der Waals surface area contributed by atoms with E-state index in [0.29, 0.717) is 39.4 Å². The third kappa shape index (κ3) is 5.32. The van der Waals surface area contributed by atoms with Gasteiger partial charge in [-0.1, -0.05) is 30.3 Å². The van der Waals surface area contributed by atoms with Gasteiger partial charge in [0.15, 0.2) is 0 Å². The Labute approximate surface area is 166 Å². The van der Waals surface area contributed by atoms with Gasteiger partial charge in [0.25, 0.3) is 0 Å². The Bertz CT molecular complexity index is 688. The van der Waals surface area contributed by atoms with Crippen molar-refractivity contribution in [2.45, 2.75) is 32.2 Å². The second-order valence-electron chi connectivity index (χ2n) is 7.48. The Morgan fingerprint density at radius 1 is 1.11 bits per heavy atom. The molecule has 7 nitrogen and oxygen atoms in total. The van der Waals surface area contributed by atoms with E-state index in [2.05, 4.69) is 5.32 Å². The predicted molar refractivity (Wildman–Crippen MR) is 104 cm³/mol. The highest BCUT2D eigenvalue weighted by molar-refractivity contribution is 5.82. The molecule has 0 aliphatic carbocycles. The lowest BCUT2D eigenvalue weighted by molar-refractivity contribution is -0.144. The number of hydrogen-bond donors (Lipinski definition) is 1. The van der Waals surface area contributed by atoms with Crippen molar-refractivity contribution < 1.29 is 19.1 Å². The summed E-state index contributed by atoms with van der Waals surface area (Å²) in [5.74, 6) is -0.211. The molecule has 7 heteroatoms. The molecule has 2 fully saturated rings. The number of carbonyl (C=O) groups is 3. The normalized spacial score (nSPS) is 21.1. The van der Waals surface area contributed by atoms with E-state index in [0.717, 1.165) is 18.4 Å². The number of nitrogens with one attached hydrogen (secondary N) is 1. The molecule has 2 aliphatic heterocycles. The number of rotatable bonds is 5. The summed E-state index contributed by atoms with van der Waals surface area (Å²) in [4.78, 5) is 41.0. The van der Waals surface area contributed by atoms with Gasteiger partial charge in [-0.15, -0.1) is 0 Å². The molecule has 0 bridgehead atoms. The van der Waals surface area contributed by atoms with Crippen molar-refractivity contribution in [3.8, 4) is 0 Å². The van der Waals surface area contributed by atoms with E-state index in [9.17, 15) is 14.4 Å². The van der Waals surface area contributed by atoms with Crippen LogP contribution in [-0.2, 0) is 19.1 Å². The quantitative estimate of drug-likeness (QED) is 0.827. The van der Waals surface area contributed by atoms with Gasteiger partial charge in [-0.2, -0.15) is 0 Å². The number of nitrogens with zero attached hydrogens (tertiary/aromatic N) is 2. The molecule has 3 amide bonds. The molecule has 2 atom stereocenters. The van der Waals surface area contributed by atoms with Gasteiger partial charge in [-0.3, -0.25) is 14.4 Å². The fraction of sp³-hybridized carbons (Fsp3) is 0.571. The predicted octanol–water partition coefficient (Wildman–Crippen LogP) is 1.35. The van der Waals surface area contributed by atoms with E-state index >= 15 is 0 Å². The number of hydrogen-bond acceptors (Lipinski definition) is 4. The first kappa shape index (κ1) is 20.3. The van der Waals surface area contributed by atoms with Gasteiger partial charge in [0.1, 0.15) is 0 Å². The standard InChI is InChI=1S/C21H29N3O4/c1-16(25)22-19(17-6-3-2-4-7-17)14-20(26)24-9-5-8-18(15-24)21(27)23-10-12-28-13-11-23/h2-4,6-7,18-19H,5,8-15H2,1H3,(H,22,25). The molecule has 0 radical (unpaired) electrons. The van der Waals surface area contributed by atoms with Crippen LogP contribution in [0.25, 0.3) is 0 Å². The molecule has 1 N–H and O–H groups in total. The molecular formula is C21H29N3O4. The van der Waals surface area contributed by atoms with Crippen LogP contribution in [0, 0.1) is 5.92 Å². The van der Waals surface area contributed by atoms with Gasteiger partial charge in [-0.05, 0) is 18.4 Å². The van der Waals surface area contributed by atoms with Crippen LogP contribution in [0.1, 0.15) is 37.8 Å². The van der Waals surface area contributed by atoms with Crippen molar-refractivity contribution in [1.82, 2.24) is 15.1 Å². The largest absolute Gasteiger partial charge is 0.378 e. The number of benzene rings is 1. The third-order valence-corrected chi connectivity index (χ3v) is 5.40. The van der Waals surface area contributed by atoms with Crippen LogP contribution in [0.15, 0.2) is 30.3 Å². The Morgan fingerprint density at radius 3 is 2.50 bits per heavy atom. The summed E-state index contributed by atoms with van der Waals surface area (Å²) in [5.41, 5.74) is 0.906. The molecule has 3 rings (SSSR count). The van der Waals surface area contributed by atoms with Crippen molar-refractivity contribution in [2.24, 2.45) is 5.92 Å². The first-order valence-electron chi connectivity index (χ1n) is 10.0. The molecular weight excluding hydrogens is 358 g/mol. The second kappa shape index (κ2) is 9.68. The van der Waals surface area contributed by atoms with Gasteiger partial charge in [0, 0.05) is 33.1 Å². The highest BCUT2D eigenvalue weighted by atomic mass is 16.5. The highest BCUT2D eigenvalue weighted by Crippen LogP contribution is 2.23. The van der Waals surface area contributed by atoms with Gasteiger partial charge in [0.2, 0.25) is 17.7 Å². The second-order valence-corrected chi connectivity index (χ2v) is 7.48. The molecule has 0 spiro atoms. The SMILES string of the molecule is CC(=O)NC(CC(=O)N1CCCC(C(=O)N2CCOCC2)C1)c1ccccc1. The summed E-state index contributed by atoms with van der Waals surface area (Å²) < 4.78 is 5.32. The lowest BCUT2D eigenvalue weighted by Gasteiger charge is -2.36. The first-order chi connectivity index (χ1) is 13.5. The molecule has 2 heterocycles. The number of morpholine rings is 1. The third-order valence-electron chi connectivity index (χ3n) is 5.40. The minimum atomic E-state index is -0.360. The van der Waals surface area contributed by atoms with Crippen molar-refractivity contribution >= 4 is 17.7 Å². The summed E-state index contributed by atoms with van der Waals surface area (Å²) in [5, 5.41) is 2.88. The molecule has 152 valence electrons. The zero-order valence-electron chi connectivity index (χ0n) is 16.4. The van der Waals surface area contributed by atoms with E-state index in [1.807, 2.05) is 35.2 Å². The highest BCUT2D eigenvalue weighted by Gasteiger charge is 2.32. The average molecular weight is 387 g/mol. The molecule has 0 aromatic heterocycles. The topological polar surface area (TPSA) is 79.0 Å². The van der Waals surface area contributed by atoms with E-state index in [-0.39, 0.29) is 36.1 Å². The monoisotopic (exact) mass is 387 g/mol. The van der Waals surface area contributed by atoms with Crippen LogP contribution in [0.3, 0.4) is 0 Å². The van der Waals surface area contributed by atoms with Gasteiger partial charge in [0.05, 0.1) is 31.6 Å². The number of amides is 3. The van der Waals surface area contributed by atoms with Gasteiger partial charge >= 0.3 is 0 Å². The Kier molecular flexibility index (Phi) is 7.03. The van der Waals surface area contributed by atoms with Crippen molar-refractivity contribution in [1.29, 1.82) is 0 Å².